The molecule has 0 aliphatic rings. The van der Waals surface area contributed by atoms with Gasteiger partial charge in [-0.25, -0.2) is 0 Å². The molecule has 0 aliphatic carbocycles. The number of aromatic hydroxyl groups is 1. The van der Waals surface area contributed by atoms with Crippen LogP contribution in [-0.2, 0) is 10.1 Å². The van der Waals surface area contributed by atoms with E-state index in [1.165, 1.54) is 18.2 Å². The van der Waals surface area contributed by atoms with Crippen LogP contribution in [0.15, 0.2) is 57.6 Å². The van der Waals surface area contributed by atoms with Gasteiger partial charge in [0.25, 0.3) is 10.1 Å². The number of aromatic amines is 1. The molecule has 0 aliphatic heterocycles. The normalized spacial score (nSPS) is 11.8. The number of rotatable bonds is 4. The molecule has 11 heteroatoms. The van der Waals surface area contributed by atoms with Crippen molar-refractivity contribution in [1.82, 2.24) is 4.98 Å². The minimum atomic E-state index is -4.40. The number of H-pyrrole nitrogens is 1. The van der Waals surface area contributed by atoms with E-state index in [-0.39, 0.29) is 27.0 Å². The van der Waals surface area contributed by atoms with Gasteiger partial charge in [-0.15, -0.1) is 10.2 Å². The van der Waals surface area contributed by atoms with Crippen molar-refractivity contribution < 1.29 is 22.8 Å². The van der Waals surface area contributed by atoms with Gasteiger partial charge in [0.2, 0.25) is 11.0 Å². The van der Waals surface area contributed by atoms with Gasteiger partial charge in [-0.1, -0.05) is 0 Å². The lowest BCUT2D eigenvalue weighted by molar-refractivity contribution is 0.415. The second kappa shape index (κ2) is 7.31. The van der Waals surface area contributed by atoms with Crippen LogP contribution < -0.4 is 10.1 Å². The molecule has 3 rings (SSSR count). The summed E-state index contributed by atoms with van der Waals surface area (Å²) in [7, 11) is -2.84. The Hall–Kier alpha value is -3.02. The van der Waals surface area contributed by atoms with E-state index in [0.29, 0.717) is 17.0 Å². The minimum Gasteiger partial charge on any atom is -0.497 e. The Balaban J connectivity index is 1.86. The molecule has 0 saturated carbocycles. The average Bonchev–Trinajstić information content (AvgIpc) is 2.94. The molecular formula is C16H14N4O5S2. The van der Waals surface area contributed by atoms with Gasteiger partial charge in [0.05, 0.1) is 17.5 Å². The van der Waals surface area contributed by atoms with E-state index in [1.54, 1.807) is 31.4 Å². The summed E-state index contributed by atoms with van der Waals surface area (Å²) in [5.41, 5.74) is 1.08. The average molecular weight is 406 g/mol. The van der Waals surface area contributed by atoms with Crippen LogP contribution in [0.1, 0.15) is 0 Å². The highest BCUT2D eigenvalue weighted by molar-refractivity contribution is 7.85. The molecule has 3 aromatic rings. The van der Waals surface area contributed by atoms with E-state index < -0.39 is 10.1 Å². The summed E-state index contributed by atoms with van der Waals surface area (Å²) in [5.74, 6) is 0.375. The summed E-state index contributed by atoms with van der Waals surface area (Å²) in [6.07, 6.45) is 0. The molecule has 0 bridgehead atoms. The number of benzene rings is 2. The van der Waals surface area contributed by atoms with Gasteiger partial charge in [-0.3, -0.25) is 4.55 Å². The summed E-state index contributed by atoms with van der Waals surface area (Å²) in [6, 6.07) is 10.7. The maximum absolute atomic E-state index is 11.3. The fourth-order valence-electron chi connectivity index (χ4n) is 2.32. The maximum atomic E-state index is 11.3. The van der Waals surface area contributed by atoms with Crippen molar-refractivity contribution in [2.45, 2.75) is 4.90 Å². The fourth-order valence-corrected chi connectivity index (χ4v) is 2.99. The molecule has 1 heterocycles. The first-order valence-corrected chi connectivity index (χ1v) is 9.32. The zero-order valence-corrected chi connectivity index (χ0v) is 15.5. The molecule has 0 amide bonds. The highest BCUT2D eigenvalue weighted by Crippen LogP contribution is 2.36. The first-order chi connectivity index (χ1) is 12.8. The second-order valence-corrected chi connectivity index (χ2v) is 7.17. The molecule has 140 valence electrons. The third-order valence-electron chi connectivity index (χ3n) is 3.60. The van der Waals surface area contributed by atoms with E-state index in [1.807, 2.05) is 0 Å². The Kier molecular flexibility index (Phi) is 5.08. The number of aromatic nitrogens is 1. The smallest absolute Gasteiger partial charge is 0.294 e. The summed E-state index contributed by atoms with van der Waals surface area (Å²) in [5, 5.41) is 20.8. The van der Waals surface area contributed by atoms with Crippen LogP contribution in [-0.4, -0.2) is 35.3 Å². The van der Waals surface area contributed by atoms with Gasteiger partial charge in [-0.05, 0) is 54.7 Å². The van der Waals surface area contributed by atoms with Crippen molar-refractivity contribution >= 4 is 49.7 Å². The minimum absolute atomic E-state index is 0.00520. The molecule has 2 aromatic carbocycles. The van der Waals surface area contributed by atoms with Gasteiger partial charge in [0.15, 0.2) is 5.69 Å². The van der Waals surface area contributed by atoms with Gasteiger partial charge in [0, 0.05) is 11.1 Å². The summed E-state index contributed by atoms with van der Waals surface area (Å²) >= 11 is 5.09. The highest BCUT2D eigenvalue weighted by Gasteiger charge is 2.16. The lowest BCUT2D eigenvalue weighted by atomic mass is 10.2. The van der Waals surface area contributed by atoms with Crippen molar-refractivity contribution in [2.24, 2.45) is 10.2 Å². The molecule has 4 N–H and O–H groups in total. The number of azo groups is 1. The molecule has 0 spiro atoms. The largest absolute Gasteiger partial charge is 0.497 e. The van der Waals surface area contributed by atoms with E-state index in [9.17, 15) is 18.1 Å². The van der Waals surface area contributed by atoms with Crippen molar-refractivity contribution in [2.75, 3.05) is 12.4 Å². The molecular weight excluding hydrogens is 392 g/mol. The van der Waals surface area contributed by atoms with E-state index in [0.717, 1.165) is 0 Å². The molecule has 0 radical (unpaired) electrons. The molecule has 0 unspecified atom stereocenters. The topological polar surface area (TPSA) is 136 Å². The van der Waals surface area contributed by atoms with Crippen molar-refractivity contribution in [3.8, 4) is 11.6 Å². The van der Waals surface area contributed by atoms with Crippen LogP contribution in [0.5, 0.6) is 11.6 Å². The molecule has 0 fully saturated rings. The van der Waals surface area contributed by atoms with Crippen LogP contribution in [0.3, 0.4) is 0 Å². The van der Waals surface area contributed by atoms with Crippen LogP contribution in [0.2, 0.25) is 0 Å². The highest BCUT2D eigenvalue weighted by atomic mass is 32.2. The third kappa shape index (κ3) is 4.22. The number of methoxy groups -OCH3 is 1. The Labute approximate surface area is 159 Å². The van der Waals surface area contributed by atoms with Crippen LogP contribution in [0.25, 0.3) is 10.9 Å². The number of ether oxygens (including phenoxy) is 1. The molecule has 0 atom stereocenters. The standard InChI is InChI=1S/C16H14N4O5S2/c1-25-10-4-2-9(3-5-10)17-16(26)20-19-14-12-8-11(27(22,23)24)6-7-13(12)18-15(14)21/h2-8,18,21H,1H3,(H,17,26)(H,22,23,24). The number of anilines is 1. The van der Waals surface area contributed by atoms with Crippen molar-refractivity contribution in [3.05, 3.63) is 42.5 Å². The fraction of sp³-hybridized carbons (Fsp3) is 0.0625. The van der Waals surface area contributed by atoms with Gasteiger partial charge < -0.3 is 20.1 Å². The summed E-state index contributed by atoms with van der Waals surface area (Å²) < 4.78 is 36.8. The molecule has 0 saturated heterocycles. The Morgan fingerprint density at radius 2 is 1.93 bits per heavy atom. The lowest BCUT2D eigenvalue weighted by Crippen LogP contribution is -2.04. The Morgan fingerprint density at radius 1 is 1.22 bits per heavy atom. The SMILES string of the molecule is COc1ccc(NC(=S)N=Nc2c(O)[nH]c3ccc(S(=O)(=O)O)cc23)cc1. The third-order valence-corrected chi connectivity index (χ3v) is 4.64. The van der Waals surface area contributed by atoms with Gasteiger partial charge in [-0.2, -0.15) is 8.42 Å². The predicted molar refractivity (Wildman–Crippen MR) is 104 cm³/mol. The van der Waals surface area contributed by atoms with E-state index >= 15 is 0 Å². The maximum Gasteiger partial charge on any atom is 0.294 e. The second-order valence-electron chi connectivity index (χ2n) is 5.36. The predicted octanol–water partition coefficient (Wildman–Crippen LogP) is 3.61. The number of hydrogen-bond acceptors (Lipinski definition) is 6. The number of nitrogens with zero attached hydrogens (tertiary/aromatic N) is 2. The number of nitrogens with one attached hydrogen (secondary N) is 2. The lowest BCUT2D eigenvalue weighted by Gasteiger charge is -2.04. The van der Waals surface area contributed by atoms with E-state index in [4.69, 9.17) is 17.0 Å². The van der Waals surface area contributed by atoms with Gasteiger partial charge >= 0.3 is 0 Å². The van der Waals surface area contributed by atoms with Crippen LogP contribution >= 0.6 is 12.2 Å². The first-order valence-electron chi connectivity index (χ1n) is 7.47. The number of thiocarbonyl (C=S) groups is 1. The Morgan fingerprint density at radius 3 is 2.56 bits per heavy atom. The molecule has 9 nitrogen and oxygen atoms in total. The van der Waals surface area contributed by atoms with Crippen molar-refractivity contribution in [3.63, 3.8) is 0 Å². The number of fused-ring (bicyclic) bond motifs is 1. The summed E-state index contributed by atoms with van der Waals surface area (Å²) in [6.45, 7) is 0. The summed E-state index contributed by atoms with van der Waals surface area (Å²) in [4.78, 5) is 2.31. The van der Waals surface area contributed by atoms with E-state index in [2.05, 4.69) is 20.5 Å². The first kappa shape index (κ1) is 18.8. The quantitative estimate of drug-likeness (QED) is 0.295. The van der Waals surface area contributed by atoms with Gasteiger partial charge in [0.1, 0.15) is 5.75 Å². The number of hydrogen-bond donors (Lipinski definition) is 4. The van der Waals surface area contributed by atoms with Crippen LogP contribution in [0, 0.1) is 0 Å². The zero-order valence-electron chi connectivity index (χ0n) is 13.9. The zero-order chi connectivity index (χ0) is 19.6. The Bertz CT molecular complexity index is 1140. The molecule has 27 heavy (non-hydrogen) atoms. The molecule has 1 aromatic heterocycles. The van der Waals surface area contributed by atoms with Crippen LogP contribution in [0.4, 0.5) is 11.4 Å². The van der Waals surface area contributed by atoms with Crippen molar-refractivity contribution in [1.29, 1.82) is 0 Å². The monoisotopic (exact) mass is 406 g/mol.